The Bertz CT molecular complexity index is 703. The van der Waals surface area contributed by atoms with Gasteiger partial charge in [-0.2, -0.15) is 0 Å². The summed E-state index contributed by atoms with van der Waals surface area (Å²) in [5.74, 6) is 0.577. The molecule has 0 amide bonds. The molecular weight excluding hydrogens is 280 g/mol. The van der Waals surface area contributed by atoms with E-state index in [1.807, 2.05) is 0 Å². The van der Waals surface area contributed by atoms with Crippen molar-refractivity contribution in [2.24, 2.45) is 0 Å². The van der Waals surface area contributed by atoms with Crippen LogP contribution < -0.4 is 15.2 Å². The Labute approximate surface area is 116 Å². The van der Waals surface area contributed by atoms with Crippen molar-refractivity contribution < 1.29 is 13.2 Å². The van der Waals surface area contributed by atoms with Crippen LogP contribution in [0.5, 0.6) is 5.88 Å². The van der Waals surface area contributed by atoms with Crippen LogP contribution in [0.2, 0.25) is 0 Å². The molecule has 20 heavy (non-hydrogen) atoms. The van der Waals surface area contributed by atoms with Crippen LogP contribution in [0, 0.1) is 0 Å². The summed E-state index contributed by atoms with van der Waals surface area (Å²) < 4.78 is 31.6. The molecule has 2 aromatic heterocycles. The number of methoxy groups -OCH3 is 1. The molecule has 3 N–H and O–H groups in total. The van der Waals surface area contributed by atoms with E-state index in [-0.39, 0.29) is 17.3 Å². The maximum Gasteiger partial charge on any atom is 0.241 e. The van der Waals surface area contributed by atoms with Gasteiger partial charge in [-0.25, -0.2) is 23.1 Å². The van der Waals surface area contributed by atoms with Gasteiger partial charge in [0.1, 0.15) is 5.82 Å². The van der Waals surface area contributed by atoms with E-state index in [9.17, 15) is 8.42 Å². The average Bonchev–Trinajstić information content (AvgIpc) is 2.45. The fourth-order valence-electron chi connectivity index (χ4n) is 1.53. The first-order valence-electron chi connectivity index (χ1n) is 5.71. The molecule has 2 heterocycles. The number of hydrogen-bond acceptors (Lipinski definition) is 6. The monoisotopic (exact) mass is 294 g/mol. The Morgan fingerprint density at radius 1 is 1.25 bits per heavy atom. The van der Waals surface area contributed by atoms with Crippen molar-refractivity contribution in [2.45, 2.75) is 11.4 Å². The lowest BCUT2D eigenvalue weighted by molar-refractivity contribution is 0.397. The molecule has 0 saturated heterocycles. The highest BCUT2D eigenvalue weighted by Gasteiger charge is 2.14. The van der Waals surface area contributed by atoms with Gasteiger partial charge in [0.15, 0.2) is 0 Å². The number of pyridine rings is 2. The third-order valence-electron chi connectivity index (χ3n) is 2.54. The molecule has 0 aliphatic rings. The second-order valence-electron chi connectivity index (χ2n) is 3.95. The zero-order chi connectivity index (χ0) is 14.6. The van der Waals surface area contributed by atoms with Gasteiger partial charge in [-0.15, -0.1) is 0 Å². The van der Waals surface area contributed by atoms with Crippen LogP contribution >= 0.6 is 0 Å². The van der Waals surface area contributed by atoms with Crippen molar-refractivity contribution >= 4 is 15.8 Å². The maximum absolute atomic E-state index is 12.1. The predicted octanol–water partition coefficient (Wildman–Crippen LogP) is 0.546. The van der Waals surface area contributed by atoms with Crippen LogP contribution in [0.15, 0.2) is 41.6 Å². The number of aromatic nitrogens is 2. The Hall–Kier alpha value is -2.19. The van der Waals surface area contributed by atoms with E-state index in [0.29, 0.717) is 5.88 Å². The van der Waals surface area contributed by atoms with Gasteiger partial charge in [0.2, 0.25) is 15.9 Å². The predicted molar refractivity (Wildman–Crippen MR) is 73.5 cm³/mol. The summed E-state index contributed by atoms with van der Waals surface area (Å²) in [6, 6.07) is 6.04. The molecule has 0 bridgehead atoms. The van der Waals surface area contributed by atoms with Crippen LogP contribution in [0.1, 0.15) is 5.56 Å². The van der Waals surface area contributed by atoms with Crippen molar-refractivity contribution in [3.05, 3.63) is 42.2 Å². The summed E-state index contributed by atoms with van der Waals surface area (Å²) >= 11 is 0. The SMILES string of the molecule is COc1cc(CNS(=O)(=O)c2ccnc(N)c2)ccn1. The molecule has 0 fully saturated rings. The number of anilines is 1. The van der Waals surface area contributed by atoms with Gasteiger partial charge in [-0.1, -0.05) is 0 Å². The third kappa shape index (κ3) is 3.43. The molecule has 0 radical (unpaired) electrons. The summed E-state index contributed by atoms with van der Waals surface area (Å²) in [6.45, 7) is 0.128. The molecule has 0 aromatic carbocycles. The maximum atomic E-state index is 12.1. The zero-order valence-corrected chi connectivity index (χ0v) is 11.6. The van der Waals surface area contributed by atoms with E-state index in [1.54, 1.807) is 18.3 Å². The van der Waals surface area contributed by atoms with Gasteiger partial charge in [-0.3, -0.25) is 0 Å². The van der Waals surface area contributed by atoms with E-state index < -0.39 is 10.0 Å². The Morgan fingerprint density at radius 3 is 2.70 bits per heavy atom. The van der Waals surface area contributed by atoms with Crippen molar-refractivity contribution in [1.29, 1.82) is 0 Å². The summed E-state index contributed by atoms with van der Waals surface area (Å²) in [5.41, 5.74) is 6.21. The molecular formula is C12H14N4O3S. The van der Waals surface area contributed by atoms with E-state index in [1.165, 1.54) is 25.4 Å². The van der Waals surface area contributed by atoms with Gasteiger partial charge in [0.05, 0.1) is 12.0 Å². The lowest BCUT2D eigenvalue weighted by atomic mass is 10.3. The van der Waals surface area contributed by atoms with Crippen LogP contribution in [0.4, 0.5) is 5.82 Å². The fourth-order valence-corrected chi connectivity index (χ4v) is 2.57. The molecule has 0 unspecified atom stereocenters. The molecule has 0 spiro atoms. The number of hydrogen-bond donors (Lipinski definition) is 2. The number of nitrogen functional groups attached to an aromatic ring is 1. The molecule has 8 heteroatoms. The molecule has 0 aliphatic carbocycles. The van der Waals surface area contributed by atoms with E-state index in [4.69, 9.17) is 10.5 Å². The fraction of sp³-hybridized carbons (Fsp3) is 0.167. The van der Waals surface area contributed by atoms with Crippen LogP contribution in [0.25, 0.3) is 0 Å². The van der Waals surface area contributed by atoms with E-state index in [0.717, 1.165) is 5.56 Å². The first-order chi connectivity index (χ1) is 9.51. The zero-order valence-electron chi connectivity index (χ0n) is 10.8. The lowest BCUT2D eigenvalue weighted by Gasteiger charge is -2.07. The van der Waals surface area contributed by atoms with Crippen LogP contribution in [-0.2, 0) is 16.6 Å². The summed E-state index contributed by atoms with van der Waals surface area (Å²) in [7, 11) is -2.14. The second-order valence-corrected chi connectivity index (χ2v) is 5.71. The smallest absolute Gasteiger partial charge is 0.241 e. The molecule has 7 nitrogen and oxygen atoms in total. The highest BCUT2D eigenvalue weighted by Crippen LogP contribution is 2.12. The number of sulfonamides is 1. The molecule has 0 atom stereocenters. The molecule has 0 saturated carbocycles. The highest BCUT2D eigenvalue weighted by atomic mass is 32.2. The minimum atomic E-state index is -3.63. The topological polar surface area (TPSA) is 107 Å². The second kappa shape index (κ2) is 5.85. The number of rotatable bonds is 5. The quantitative estimate of drug-likeness (QED) is 0.833. The number of nitrogens with one attached hydrogen (secondary N) is 1. The van der Waals surface area contributed by atoms with Gasteiger partial charge in [0.25, 0.3) is 0 Å². The standard InChI is InChI=1S/C12H14N4O3S/c1-19-12-6-9(2-4-15-12)8-16-20(17,18)10-3-5-14-11(13)7-10/h2-7,16H,8H2,1H3,(H2,13,14). The normalized spacial score (nSPS) is 11.2. The average molecular weight is 294 g/mol. The number of ether oxygens (including phenoxy) is 1. The van der Waals surface area contributed by atoms with Gasteiger partial charge < -0.3 is 10.5 Å². The lowest BCUT2D eigenvalue weighted by Crippen LogP contribution is -2.23. The molecule has 106 valence electrons. The largest absolute Gasteiger partial charge is 0.481 e. The minimum absolute atomic E-state index is 0.0750. The van der Waals surface area contributed by atoms with E-state index >= 15 is 0 Å². The first-order valence-corrected chi connectivity index (χ1v) is 7.20. The number of nitrogens with two attached hydrogens (primary N) is 1. The summed E-state index contributed by atoms with van der Waals surface area (Å²) in [4.78, 5) is 7.78. The van der Waals surface area contributed by atoms with Gasteiger partial charge in [0, 0.05) is 31.1 Å². The van der Waals surface area contributed by atoms with Crippen molar-refractivity contribution in [3.8, 4) is 5.88 Å². The Morgan fingerprint density at radius 2 is 2.00 bits per heavy atom. The van der Waals surface area contributed by atoms with E-state index in [2.05, 4.69) is 14.7 Å². The van der Waals surface area contributed by atoms with Crippen molar-refractivity contribution in [1.82, 2.24) is 14.7 Å². The van der Waals surface area contributed by atoms with Crippen molar-refractivity contribution in [3.63, 3.8) is 0 Å². The molecule has 2 aromatic rings. The summed E-state index contributed by atoms with van der Waals surface area (Å²) in [6.07, 6.45) is 2.90. The van der Waals surface area contributed by atoms with Crippen LogP contribution in [-0.4, -0.2) is 25.5 Å². The molecule has 0 aliphatic heterocycles. The third-order valence-corrected chi connectivity index (χ3v) is 3.94. The van der Waals surface area contributed by atoms with Gasteiger partial charge >= 0.3 is 0 Å². The number of nitrogens with zero attached hydrogens (tertiary/aromatic N) is 2. The van der Waals surface area contributed by atoms with Crippen LogP contribution in [0.3, 0.4) is 0 Å². The minimum Gasteiger partial charge on any atom is -0.481 e. The highest BCUT2D eigenvalue weighted by molar-refractivity contribution is 7.89. The van der Waals surface area contributed by atoms with Crippen molar-refractivity contribution in [2.75, 3.05) is 12.8 Å². The Kier molecular flexibility index (Phi) is 4.16. The first kappa shape index (κ1) is 14.2. The summed E-state index contributed by atoms with van der Waals surface area (Å²) in [5, 5.41) is 0. The molecule has 2 rings (SSSR count). The Balaban J connectivity index is 2.13. The van der Waals surface area contributed by atoms with Gasteiger partial charge in [-0.05, 0) is 17.7 Å².